The summed E-state index contributed by atoms with van der Waals surface area (Å²) in [7, 11) is 0. The summed E-state index contributed by atoms with van der Waals surface area (Å²) >= 11 is 1.42. The summed E-state index contributed by atoms with van der Waals surface area (Å²) in [6, 6.07) is 15.9. The number of hydrogen-bond donors (Lipinski definition) is 0. The van der Waals surface area contributed by atoms with Crippen LogP contribution in [0.4, 0.5) is 5.69 Å². The minimum Gasteiger partial charge on any atom is -0.545 e. The highest BCUT2D eigenvalue weighted by molar-refractivity contribution is 8.15. The molecule has 0 N–H and O–H groups in total. The van der Waals surface area contributed by atoms with Crippen molar-refractivity contribution in [1.82, 2.24) is 4.90 Å². The van der Waals surface area contributed by atoms with Crippen LogP contribution in [0.15, 0.2) is 72.2 Å². The number of nitrogens with zero attached hydrogens (tertiary/aromatic N) is 2. The number of carboxylic acid groups (broad SMARTS) is 1. The number of carbonyl (C=O) groups excluding carboxylic acids is 2. The molecule has 1 aliphatic rings. The monoisotopic (exact) mass is 365 g/mol. The molecule has 0 unspecified atom stereocenters. The molecule has 2 aromatic rings. The van der Waals surface area contributed by atoms with Crippen LogP contribution in [0.5, 0.6) is 0 Å². The molecule has 0 bridgehead atoms. The van der Waals surface area contributed by atoms with E-state index in [1.54, 1.807) is 23.1 Å². The van der Waals surface area contributed by atoms with E-state index in [-0.39, 0.29) is 16.7 Å². The normalized spacial score (nSPS) is 18.3. The van der Waals surface area contributed by atoms with Crippen molar-refractivity contribution in [3.8, 4) is 0 Å². The standard InChI is InChI=1S/C20H18N2O3S/c1-2-12-22-18(23)17(13-14-6-4-3-5-7-14)26-20(22)21-16-10-8-15(9-11-16)19(24)25/h2-11,17H,1,12-13H2,(H,24,25)/p-1/t17-/m0/s1. The quantitative estimate of drug-likeness (QED) is 0.737. The zero-order valence-corrected chi connectivity index (χ0v) is 14.8. The molecule has 0 radical (unpaired) electrons. The van der Waals surface area contributed by atoms with Gasteiger partial charge in [-0.15, -0.1) is 6.58 Å². The fourth-order valence-electron chi connectivity index (χ4n) is 2.63. The first-order chi connectivity index (χ1) is 12.6. The molecule has 0 saturated carbocycles. The predicted molar refractivity (Wildman–Crippen MR) is 101 cm³/mol. The van der Waals surface area contributed by atoms with Crippen molar-refractivity contribution in [3.63, 3.8) is 0 Å². The van der Waals surface area contributed by atoms with E-state index in [1.807, 2.05) is 30.3 Å². The zero-order chi connectivity index (χ0) is 18.5. The lowest BCUT2D eigenvalue weighted by atomic mass is 10.1. The molecule has 0 aromatic heterocycles. The number of amides is 1. The highest BCUT2D eigenvalue weighted by Gasteiger charge is 2.37. The van der Waals surface area contributed by atoms with Gasteiger partial charge in [-0.25, -0.2) is 4.99 Å². The topological polar surface area (TPSA) is 72.8 Å². The lowest BCUT2D eigenvalue weighted by Gasteiger charge is -2.14. The van der Waals surface area contributed by atoms with Crippen molar-refractivity contribution in [2.24, 2.45) is 4.99 Å². The third kappa shape index (κ3) is 4.03. The third-order valence-electron chi connectivity index (χ3n) is 3.92. The zero-order valence-electron chi connectivity index (χ0n) is 14.0. The second-order valence-electron chi connectivity index (χ2n) is 5.76. The van der Waals surface area contributed by atoms with Crippen molar-refractivity contribution in [1.29, 1.82) is 0 Å². The number of amidine groups is 1. The average molecular weight is 365 g/mol. The van der Waals surface area contributed by atoms with E-state index in [9.17, 15) is 14.7 Å². The van der Waals surface area contributed by atoms with Crippen LogP contribution < -0.4 is 5.11 Å². The second kappa shape index (κ2) is 8.01. The van der Waals surface area contributed by atoms with E-state index >= 15 is 0 Å². The van der Waals surface area contributed by atoms with Gasteiger partial charge < -0.3 is 9.90 Å². The molecule has 1 atom stereocenters. The van der Waals surface area contributed by atoms with E-state index < -0.39 is 5.97 Å². The molecule has 132 valence electrons. The molecule has 2 aromatic carbocycles. The van der Waals surface area contributed by atoms with E-state index in [0.717, 1.165) is 5.56 Å². The molecule has 1 amide bonds. The molecule has 0 aliphatic carbocycles. The van der Waals surface area contributed by atoms with Gasteiger partial charge in [-0.05, 0) is 29.7 Å². The van der Waals surface area contributed by atoms with E-state index in [0.29, 0.717) is 23.8 Å². The highest BCUT2D eigenvalue weighted by atomic mass is 32.2. The van der Waals surface area contributed by atoms with Gasteiger partial charge in [0.05, 0.1) is 16.9 Å². The lowest BCUT2D eigenvalue weighted by molar-refractivity contribution is -0.255. The second-order valence-corrected chi connectivity index (χ2v) is 6.93. The maximum Gasteiger partial charge on any atom is 0.242 e. The molecular formula is C20H17N2O3S-. The average Bonchev–Trinajstić information content (AvgIpc) is 2.92. The van der Waals surface area contributed by atoms with Crippen molar-refractivity contribution in [3.05, 3.63) is 78.4 Å². The molecule has 6 heteroatoms. The number of hydrogen-bond acceptors (Lipinski definition) is 5. The number of aliphatic imine (C=N–C) groups is 1. The molecular weight excluding hydrogens is 348 g/mol. The van der Waals surface area contributed by atoms with Gasteiger partial charge in [-0.3, -0.25) is 9.69 Å². The number of rotatable bonds is 6. The van der Waals surface area contributed by atoms with Gasteiger partial charge in [0.1, 0.15) is 0 Å². The van der Waals surface area contributed by atoms with E-state index in [1.165, 1.54) is 23.9 Å². The highest BCUT2D eigenvalue weighted by Crippen LogP contribution is 2.31. The van der Waals surface area contributed by atoms with Crippen LogP contribution in [0.1, 0.15) is 15.9 Å². The van der Waals surface area contributed by atoms with Crippen molar-refractivity contribution in [2.45, 2.75) is 11.7 Å². The first-order valence-corrected chi connectivity index (χ1v) is 8.99. The minimum absolute atomic E-state index is 0.00357. The Bertz CT molecular complexity index is 847. The van der Waals surface area contributed by atoms with Crippen molar-refractivity contribution < 1.29 is 14.7 Å². The van der Waals surface area contributed by atoms with Crippen LogP contribution >= 0.6 is 11.8 Å². The van der Waals surface area contributed by atoms with Gasteiger partial charge in [0.15, 0.2) is 5.17 Å². The van der Waals surface area contributed by atoms with Gasteiger partial charge >= 0.3 is 0 Å². The van der Waals surface area contributed by atoms with Crippen molar-refractivity contribution in [2.75, 3.05) is 6.54 Å². The molecule has 1 aliphatic heterocycles. The molecule has 1 saturated heterocycles. The summed E-state index contributed by atoms with van der Waals surface area (Å²) in [6.45, 7) is 4.09. The molecule has 1 fully saturated rings. The Morgan fingerprint density at radius 2 is 1.88 bits per heavy atom. The summed E-state index contributed by atoms with van der Waals surface area (Å²) in [6.07, 6.45) is 2.29. The number of aromatic carboxylic acids is 1. The van der Waals surface area contributed by atoms with Gasteiger partial charge in [0.25, 0.3) is 0 Å². The first kappa shape index (κ1) is 17.9. The van der Waals surface area contributed by atoms with Gasteiger partial charge in [-0.1, -0.05) is 60.3 Å². The summed E-state index contributed by atoms with van der Waals surface area (Å²) in [5.74, 6) is -1.23. The van der Waals surface area contributed by atoms with E-state index in [4.69, 9.17) is 0 Å². The molecule has 26 heavy (non-hydrogen) atoms. The van der Waals surface area contributed by atoms with Crippen LogP contribution in [0, 0.1) is 0 Å². The van der Waals surface area contributed by atoms with Crippen LogP contribution in [-0.2, 0) is 11.2 Å². The number of thioether (sulfide) groups is 1. The Balaban J connectivity index is 1.83. The maximum atomic E-state index is 12.7. The number of carboxylic acids is 1. The van der Waals surface area contributed by atoms with Gasteiger partial charge in [0.2, 0.25) is 5.91 Å². The fourth-order valence-corrected chi connectivity index (χ4v) is 3.84. The summed E-state index contributed by atoms with van der Waals surface area (Å²) < 4.78 is 0. The van der Waals surface area contributed by atoms with Gasteiger partial charge in [0, 0.05) is 6.54 Å². The maximum absolute atomic E-state index is 12.7. The number of carbonyl (C=O) groups is 2. The molecule has 0 spiro atoms. The van der Waals surface area contributed by atoms with Gasteiger partial charge in [-0.2, -0.15) is 0 Å². The largest absolute Gasteiger partial charge is 0.545 e. The Hall–Kier alpha value is -2.86. The first-order valence-electron chi connectivity index (χ1n) is 8.11. The van der Waals surface area contributed by atoms with Crippen LogP contribution in [0.2, 0.25) is 0 Å². The number of benzene rings is 2. The third-order valence-corrected chi connectivity index (χ3v) is 5.10. The van der Waals surface area contributed by atoms with Crippen LogP contribution in [-0.4, -0.2) is 33.7 Å². The molecule has 3 rings (SSSR count). The smallest absolute Gasteiger partial charge is 0.242 e. The molecule has 5 nitrogen and oxygen atoms in total. The predicted octanol–water partition coefficient (Wildman–Crippen LogP) is 2.41. The summed E-state index contributed by atoms with van der Waals surface area (Å²) in [5.41, 5.74) is 1.77. The Morgan fingerprint density at radius 1 is 1.19 bits per heavy atom. The minimum atomic E-state index is -1.23. The SMILES string of the molecule is C=CCN1C(=O)[C@H](Cc2ccccc2)SC1=Nc1ccc(C(=O)[O-])cc1. The lowest BCUT2D eigenvalue weighted by Crippen LogP contribution is -2.32. The van der Waals surface area contributed by atoms with Crippen molar-refractivity contribution >= 4 is 34.5 Å². The fraction of sp³-hybridized carbons (Fsp3) is 0.150. The summed E-state index contributed by atoms with van der Waals surface area (Å²) in [4.78, 5) is 29.7. The molecule has 1 heterocycles. The van der Waals surface area contributed by atoms with Crippen LogP contribution in [0.25, 0.3) is 0 Å². The summed E-state index contributed by atoms with van der Waals surface area (Å²) in [5, 5.41) is 11.2. The van der Waals surface area contributed by atoms with Crippen LogP contribution in [0.3, 0.4) is 0 Å². The Morgan fingerprint density at radius 3 is 2.50 bits per heavy atom. The van der Waals surface area contributed by atoms with E-state index in [2.05, 4.69) is 11.6 Å². The Labute approximate surface area is 156 Å². The Kier molecular flexibility index (Phi) is 5.53.